The number of fused-ring (bicyclic) bond motifs is 10. The second kappa shape index (κ2) is 16.1. The highest BCUT2D eigenvalue weighted by Crippen LogP contribution is 2.46. The molecule has 3 nitrogen and oxygen atoms in total. The molecule has 0 bridgehead atoms. The first kappa shape index (κ1) is 39.7. The van der Waals surface area contributed by atoms with Crippen LogP contribution in [0.2, 0.25) is 0 Å². The number of hydrogen-bond donors (Lipinski definition) is 0. The largest absolute Gasteiger partial charge is 0.310 e. The summed E-state index contributed by atoms with van der Waals surface area (Å²) in [5.41, 5.74) is 12.6. The van der Waals surface area contributed by atoms with Crippen LogP contribution in [0.3, 0.4) is 0 Å². The van der Waals surface area contributed by atoms with Crippen molar-refractivity contribution in [2.75, 3.05) is 9.80 Å². The summed E-state index contributed by atoms with van der Waals surface area (Å²) >= 11 is 3.72. The van der Waals surface area contributed by atoms with E-state index in [0.717, 1.165) is 45.3 Å². The van der Waals surface area contributed by atoms with Crippen LogP contribution in [0.4, 0.5) is 34.1 Å². The van der Waals surface area contributed by atoms with Crippen LogP contribution in [0.1, 0.15) is 0 Å². The molecule has 0 amide bonds. The molecule has 0 spiro atoms. The smallest absolute Gasteiger partial charge is 0.0561 e. The van der Waals surface area contributed by atoms with Gasteiger partial charge in [0, 0.05) is 90.9 Å². The van der Waals surface area contributed by atoms with Gasteiger partial charge in [-0.3, -0.25) is 0 Å². The Labute approximate surface area is 407 Å². The van der Waals surface area contributed by atoms with E-state index in [4.69, 9.17) is 0 Å². The van der Waals surface area contributed by atoms with Crippen LogP contribution < -0.4 is 9.80 Å². The number of anilines is 6. The summed E-state index contributed by atoms with van der Waals surface area (Å²) in [7, 11) is 0. The molecule has 3 heterocycles. The molecular weight excluding hydrogens is 875 g/mol. The van der Waals surface area contributed by atoms with Gasteiger partial charge in [0.25, 0.3) is 0 Å². The van der Waals surface area contributed by atoms with E-state index in [1.165, 1.54) is 78.5 Å². The number of para-hydroxylation sites is 2. The van der Waals surface area contributed by atoms with Gasteiger partial charge in [-0.15, -0.1) is 22.7 Å². The van der Waals surface area contributed by atoms with Gasteiger partial charge in [-0.05, 0) is 125 Å². The Morgan fingerprint density at radius 2 is 0.783 bits per heavy atom. The van der Waals surface area contributed by atoms with Crippen molar-refractivity contribution in [3.05, 3.63) is 249 Å². The zero-order valence-corrected chi connectivity index (χ0v) is 39.0. The van der Waals surface area contributed by atoms with Crippen LogP contribution in [0, 0.1) is 0 Å². The minimum Gasteiger partial charge on any atom is -0.310 e. The lowest BCUT2D eigenvalue weighted by Crippen LogP contribution is -2.10. The second-order valence-corrected chi connectivity index (χ2v) is 19.9. The van der Waals surface area contributed by atoms with Crippen LogP contribution >= 0.6 is 22.7 Å². The Balaban J connectivity index is 0.931. The highest BCUT2D eigenvalue weighted by molar-refractivity contribution is 7.26. The molecule has 0 atom stereocenters. The van der Waals surface area contributed by atoms with Crippen molar-refractivity contribution < 1.29 is 0 Å². The number of rotatable bonds is 8. The van der Waals surface area contributed by atoms with E-state index in [9.17, 15) is 0 Å². The van der Waals surface area contributed by atoms with Crippen molar-refractivity contribution in [1.29, 1.82) is 0 Å². The normalized spacial score (nSPS) is 11.8. The number of nitrogens with zero attached hydrogens (tertiary/aromatic N) is 3. The quantitative estimate of drug-likeness (QED) is 0.150. The second-order valence-electron chi connectivity index (χ2n) is 17.7. The van der Waals surface area contributed by atoms with Crippen LogP contribution in [0.5, 0.6) is 0 Å². The van der Waals surface area contributed by atoms with Gasteiger partial charge in [0.05, 0.1) is 11.0 Å². The molecule has 324 valence electrons. The van der Waals surface area contributed by atoms with Gasteiger partial charge in [0.1, 0.15) is 0 Å². The predicted molar refractivity (Wildman–Crippen MR) is 299 cm³/mol. The van der Waals surface area contributed by atoms with Gasteiger partial charge >= 0.3 is 0 Å². The molecular formula is C64H41N3S2. The zero-order valence-electron chi connectivity index (χ0n) is 37.3. The topological polar surface area (TPSA) is 11.4 Å². The summed E-state index contributed by atoms with van der Waals surface area (Å²) in [5.74, 6) is 0. The zero-order chi connectivity index (χ0) is 45.4. The summed E-state index contributed by atoms with van der Waals surface area (Å²) in [5, 5.41) is 10.0. The number of hydrogen-bond acceptors (Lipinski definition) is 4. The van der Waals surface area contributed by atoms with Crippen molar-refractivity contribution in [2.45, 2.75) is 0 Å². The molecule has 11 aromatic carbocycles. The Hall–Kier alpha value is -8.48. The molecule has 69 heavy (non-hydrogen) atoms. The molecule has 0 fully saturated rings. The minimum atomic E-state index is 1.09. The maximum atomic E-state index is 2.44. The van der Waals surface area contributed by atoms with Gasteiger partial charge in [-0.1, -0.05) is 146 Å². The van der Waals surface area contributed by atoms with Crippen molar-refractivity contribution in [3.8, 4) is 16.8 Å². The summed E-state index contributed by atoms with van der Waals surface area (Å²) in [6.07, 6.45) is 0. The molecule has 0 aliphatic carbocycles. The number of thiophene rings is 2. The fraction of sp³-hybridized carbons (Fsp3) is 0. The van der Waals surface area contributed by atoms with Gasteiger partial charge in [0.2, 0.25) is 0 Å². The Bertz CT molecular complexity index is 4280. The van der Waals surface area contributed by atoms with E-state index in [-0.39, 0.29) is 0 Å². The van der Waals surface area contributed by atoms with Crippen LogP contribution in [0.15, 0.2) is 249 Å². The predicted octanol–water partition coefficient (Wildman–Crippen LogP) is 19.3. The monoisotopic (exact) mass is 915 g/mol. The molecule has 3 aromatic heterocycles. The standard InChI is InChI=1S/C64H41N3S2/c1-3-14-42(15-4-1)45-18-13-21-47(36-45)66(50-28-32-54-53-22-9-11-24-59(53)67(60(54)39-50)48-27-26-43-16-7-8-17-44(43)37-48)49-31-35-62-58(38-49)57-34-30-52(41-64(57)69-62)65(46-19-5-2-6-20-46)51-29-33-56-55-23-10-12-25-61(55)68-63(56)40-51/h1-41H. The Morgan fingerprint density at radius 3 is 1.58 bits per heavy atom. The molecule has 0 aliphatic heterocycles. The molecule has 0 radical (unpaired) electrons. The minimum absolute atomic E-state index is 1.09. The highest BCUT2D eigenvalue weighted by atomic mass is 32.1. The molecule has 5 heteroatoms. The maximum Gasteiger partial charge on any atom is 0.0561 e. The van der Waals surface area contributed by atoms with Crippen LogP contribution in [-0.2, 0) is 0 Å². The lowest BCUT2D eigenvalue weighted by molar-refractivity contribution is 1.18. The van der Waals surface area contributed by atoms with Crippen molar-refractivity contribution in [2.24, 2.45) is 0 Å². The number of benzene rings is 11. The van der Waals surface area contributed by atoms with E-state index in [0.29, 0.717) is 0 Å². The molecule has 0 saturated carbocycles. The maximum absolute atomic E-state index is 2.44. The van der Waals surface area contributed by atoms with Crippen LogP contribution in [0.25, 0.3) is 89.7 Å². The van der Waals surface area contributed by atoms with E-state index in [1.54, 1.807) is 0 Å². The molecule has 0 unspecified atom stereocenters. The highest BCUT2D eigenvalue weighted by Gasteiger charge is 2.21. The lowest BCUT2D eigenvalue weighted by Gasteiger charge is -2.26. The van der Waals surface area contributed by atoms with E-state index >= 15 is 0 Å². The molecule has 0 N–H and O–H groups in total. The molecule has 14 rings (SSSR count). The Morgan fingerprint density at radius 1 is 0.261 bits per heavy atom. The van der Waals surface area contributed by atoms with E-state index in [2.05, 4.69) is 263 Å². The summed E-state index contributed by atoms with van der Waals surface area (Å²) in [4.78, 5) is 4.83. The van der Waals surface area contributed by atoms with Gasteiger partial charge in [-0.25, -0.2) is 0 Å². The molecule has 0 saturated heterocycles. The van der Waals surface area contributed by atoms with Gasteiger partial charge < -0.3 is 14.4 Å². The first-order valence-electron chi connectivity index (χ1n) is 23.4. The average Bonchev–Trinajstić information content (AvgIpc) is 4.08. The molecule has 0 aliphatic rings. The fourth-order valence-electron chi connectivity index (χ4n) is 10.5. The van der Waals surface area contributed by atoms with E-state index in [1.807, 2.05) is 22.7 Å². The average molecular weight is 916 g/mol. The van der Waals surface area contributed by atoms with Gasteiger partial charge in [0.15, 0.2) is 0 Å². The van der Waals surface area contributed by atoms with Crippen LogP contribution in [-0.4, -0.2) is 4.57 Å². The van der Waals surface area contributed by atoms with Crippen molar-refractivity contribution >= 4 is 130 Å². The van der Waals surface area contributed by atoms with E-state index < -0.39 is 0 Å². The first-order valence-corrected chi connectivity index (χ1v) is 25.0. The summed E-state index contributed by atoms with van der Waals surface area (Å²) < 4.78 is 7.55. The third kappa shape index (κ3) is 6.69. The number of aromatic nitrogens is 1. The molecule has 14 aromatic rings. The Kier molecular flexibility index (Phi) is 9.26. The van der Waals surface area contributed by atoms with Gasteiger partial charge in [-0.2, -0.15) is 0 Å². The third-order valence-corrected chi connectivity index (χ3v) is 16.0. The summed E-state index contributed by atoms with van der Waals surface area (Å²) in [6.45, 7) is 0. The van der Waals surface area contributed by atoms with Crippen molar-refractivity contribution in [1.82, 2.24) is 4.57 Å². The third-order valence-electron chi connectivity index (χ3n) is 13.7. The lowest BCUT2D eigenvalue weighted by atomic mass is 10.0. The first-order chi connectivity index (χ1) is 34.2. The SMILES string of the molecule is c1ccc(-c2cccc(N(c3ccc4sc5cc(N(c6ccccc6)c6ccc7c(c6)sc6ccccc67)ccc5c4c3)c3ccc4c5ccccc5n(-c5ccc6ccccc6c5)c4c3)c2)cc1. The van der Waals surface area contributed by atoms with Crippen molar-refractivity contribution in [3.63, 3.8) is 0 Å². The fourth-order valence-corrected chi connectivity index (χ4v) is 12.8. The summed E-state index contributed by atoms with van der Waals surface area (Å²) in [6, 6.07) is 91.3.